The lowest BCUT2D eigenvalue weighted by atomic mass is 10.0. The predicted molar refractivity (Wildman–Crippen MR) is 81.4 cm³/mol. The van der Waals surface area contributed by atoms with Crippen LogP contribution in [0.5, 0.6) is 0 Å². The monoisotopic (exact) mass is 311 g/mol. The summed E-state index contributed by atoms with van der Waals surface area (Å²) in [7, 11) is 1.74. The number of fused-ring (bicyclic) bond motifs is 1. The van der Waals surface area contributed by atoms with Gasteiger partial charge >= 0.3 is 0 Å². The first-order valence-corrected chi connectivity index (χ1v) is 6.91. The Bertz CT molecular complexity index is 1020. The van der Waals surface area contributed by atoms with Crippen molar-refractivity contribution in [3.63, 3.8) is 0 Å². The molecule has 1 N–H and O–H groups in total. The summed E-state index contributed by atoms with van der Waals surface area (Å²) in [6.45, 7) is 0. The first-order valence-electron chi connectivity index (χ1n) is 6.91. The molecule has 0 saturated heterocycles. The average molecular weight is 311 g/mol. The van der Waals surface area contributed by atoms with Gasteiger partial charge in [0.1, 0.15) is 22.9 Å². The molecular weight excluding hydrogens is 300 g/mol. The number of aromatic amines is 1. The number of H-pyrrole nitrogens is 1. The van der Waals surface area contributed by atoms with Gasteiger partial charge in [-0.1, -0.05) is 0 Å². The molecular formula is C16H11F2N5. The van der Waals surface area contributed by atoms with Crippen molar-refractivity contribution in [3.8, 4) is 22.5 Å². The summed E-state index contributed by atoms with van der Waals surface area (Å²) in [5, 5.41) is 5.19. The zero-order valence-electron chi connectivity index (χ0n) is 12.1. The van der Waals surface area contributed by atoms with E-state index in [0.29, 0.717) is 11.3 Å². The van der Waals surface area contributed by atoms with E-state index in [2.05, 4.69) is 20.1 Å². The van der Waals surface area contributed by atoms with Gasteiger partial charge in [-0.05, 0) is 17.7 Å². The number of pyridine rings is 2. The fourth-order valence-corrected chi connectivity index (χ4v) is 2.65. The highest BCUT2D eigenvalue weighted by Gasteiger charge is 2.19. The topological polar surface area (TPSA) is 59.4 Å². The van der Waals surface area contributed by atoms with E-state index in [9.17, 15) is 8.78 Å². The highest BCUT2D eigenvalue weighted by Crippen LogP contribution is 2.34. The van der Waals surface area contributed by atoms with E-state index in [-0.39, 0.29) is 5.69 Å². The minimum Gasteiger partial charge on any atom is -0.346 e. The molecule has 0 radical (unpaired) electrons. The smallest absolute Gasteiger partial charge is 0.154 e. The molecule has 7 heteroatoms. The maximum atomic E-state index is 14.1. The van der Waals surface area contributed by atoms with Gasteiger partial charge in [-0.15, -0.1) is 0 Å². The fraction of sp³-hybridized carbons (Fsp3) is 0.0625. The molecule has 0 aliphatic rings. The molecule has 4 aromatic rings. The van der Waals surface area contributed by atoms with Crippen LogP contribution in [0.15, 0.2) is 43.0 Å². The van der Waals surface area contributed by atoms with Gasteiger partial charge in [0, 0.05) is 42.7 Å². The van der Waals surface area contributed by atoms with Gasteiger partial charge in [0.15, 0.2) is 5.82 Å². The number of nitrogens with one attached hydrogen (secondary N) is 1. The molecule has 4 heterocycles. The number of hydrogen-bond acceptors (Lipinski definition) is 3. The Hall–Kier alpha value is -3.09. The van der Waals surface area contributed by atoms with Gasteiger partial charge in [0.2, 0.25) is 0 Å². The van der Waals surface area contributed by atoms with Gasteiger partial charge in [-0.3, -0.25) is 4.68 Å². The van der Waals surface area contributed by atoms with Crippen molar-refractivity contribution >= 4 is 11.0 Å². The third-order valence-electron chi connectivity index (χ3n) is 3.61. The van der Waals surface area contributed by atoms with E-state index in [4.69, 9.17) is 0 Å². The van der Waals surface area contributed by atoms with Gasteiger partial charge in [0.25, 0.3) is 0 Å². The van der Waals surface area contributed by atoms with Crippen molar-refractivity contribution in [3.05, 3.63) is 54.6 Å². The molecule has 0 atom stereocenters. The molecule has 0 aromatic carbocycles. The first-order chi connectivity index (χ1) is 11.1. The summed E-state index contributed by atoms with van der Waals surface area (Å²) in [4.78, 5) is 11.1. The molecule has 0 amide bonds. The summed E-state index contributed by atoms with van der Waals surface area (Å²) in [6, 6.07) is 4.53. The van der Waals surface area contributed by atoms with Crippen LogP contribution >= 0.6 is 0 Å². The van der Waals surface area contributed by atoms with Crippen molar-refractivity contribution < 1.29 is 8.78 Å². The van der Waals surface area contributed by atoms with E-state index in [1.807, 2.05) is 12.1 Å². The second-order valence-corrected chi connectivity index (χ2v) is 5.15. The highest BCUT2D eigenvalue weighted by molar-refractivity contribution is 5.96. The molecule has 0 fully saturated rings. The molecule has 0 aliphatic heterocycles. The minimum atomic E-state index is -0.746. The number of hydrogen-bond donors (Lipinski definition) is 1. The molecule has 114 valence electrons. The Kier molecular flexibility index (Phi) is 2.94. The summed E-state index contributed by atoms with van der Waals surface area (Å²) < 4.78 is 28.8. The second kappa shape index (κ2) is 4.98. The maximum Gasteiger partial charge on any atom is 0.154 e. The van der Waals surface area contributed by atoms with Crippen molar-refractivity contribution in [2.45, 2.75) is 0 Å². The quantitative estimate of drug-likeness (QED) is 0.618. The number of aromatic nitrogens is 5. The van der Waals surface area contributed by atoms with E-state index >= 15 is 0 Å². The van der Waals surface area contributed by atoms with Gasteiger partial charge in [-0.2, -0.15) is 5.10 Å². The van der Waals surface area contributed by atoms with E-state index in [1.54, 1.807) is 30.3 Å². The van der Waals surface area contributed by atoms with Crippen molar-refractivity contribution in [2.24, 2.45) is 7.05 Å². The highest BCUT2D eigenvalue weighted by atomic mass is 19.1. The number of halogens is 2. The Morgan fingerprint density at radius 1 is 1.09 bits per heavy atom. The Labute approximate surface area is 129 Å². The molecule has 4 rings (SSSR count). The van der Waals surface area contributed by atoms with Crippen LogP contribution in [-0.2, 0) is 7.05 Å². The summed E-state index contributed by atoms with van der Waals surface area (Å²) >= 11 is 0. The predicted octanol–water partition coefficient (Wildman–Crippen LogP) is 3.30. The van der Waals surface area contributed by atoms with Crippen molar-refractivity contribution in [1.29, 1.82) is 0 Å². The number of nitrogens with zero attached hydrogens (tertiary/aromatic N) is 4. The van der Waals surface area contributed by atoms with Crippen LogP contribution in [-0.4, -0.2) is 24.7 Å². The van der Waals surface area contributed by atoms with Crippen molar-refractivity contribution in [1.82, 2.24) is 24.7 Å². The van der Waals surface area contributed by atoms with Gasteiger partial charge in [-0.25, -0.2) is 18.7 Å². The van der Waals surface area contributed by atoms with E-state index in [1.165, 1.54) is 0 Å². The summed E-state index contributed by atoms with van der Waals surface area (Å²) in [5.41, 5.74) is 2.66. The maximum absolute atomic E-state index is 14.1. The SMILES string of the molecule is Cn1cc(-c2ccnc3[nH]ccc23)c(-c2ncc(F)cc2F)n1. The molecule has 0 saturated carbocycles. The molecule has 0 aliphatic carbocycles. The van der Waals surface area contributed by atoms with Crippen LogP contribution < -0.4 is 0 Å². The first kappa shape index (κ1) is 13.6. The molecule has 0 unspecified atom stereocenters. The lowest BCUT2D eigenvalue weighted by Crippen LogP contribution is -1.95. The minimum absolute atomic E-state index is 0.0162. The van der Waals surface area contributed by atoms with Gasteiger partial charge < -0.3 is 4.98 Å². The Balaban J connectivity index is 1.99. The third-order valence-corrected chi connectivity index (χ3v) is 3.61. The lowest BCUT2D eigenvalue weighted by molar-refractivity contribution is 0.575. The zero-order valence-corrected chi connectivity index (χ0v) is 12.1. The molecule has 23 heavy (non-hydrogen) atoms. The van der Waals surface area contributed by atoms with Crippen LogP contribution in [0, 0.1) is 11.6 Å². The van der Waals surface area contributed by atoms with Crippen molar-refractivity contribution in [2.75, 3.05) is 0 Å². The third kappa shape index (κ3) is 2.17. The van der Waals surface area contributed by atoms with Crippen LogP contribution in [0.4, 0.5) is 8.78 Å². The Morgan fingerprint density at radius 3 is 2.78 bits per heavy atom. The van der Waals surface area contributed by atoms with E-state index in [0.717, 1.165) is 28.9 Å². The zero-order chi connectivity index (χ0) is 16.0. The van der Waals surface area contributed by atoms with Crippen LogP contribution in [0.3, 0.4) is 0 Å². The molecule has 4 aromatic heterocycles. The van der Waals surface area contributed by atoms with E-state index < -0.39 is 11.6 Å². The standard InChI is InChI=1S/C16H11F2N5/c1-23-8-12(10-2-4-19-16-11(10)3-5-20-16)14(22-23)15-13(18)6-9(17)7-21-15/h2-8H,1H3,(H,19,20). The molecule has 0 bridgehead atoms. The second-order valence-electron chi connectivity index (χ2n) is 5.15. The fourth-order valence-electron chi connectivity index (χ4n) is 2.65. The molecule has 5 nitrogen and oxygen atoms in total. The normalized spacial score (nSPS) is 11.3. The average Bonchev–Trinajstić information content (AvgIpc) is 3.13. The summed E-state index contributed by atoms with van der Waals surface area (Å²) in [6.07, 6.45) is 6.21. The summed E-state index contributed by atoms with van der Waals surface area (Å²) in [5.74, 6) is -1.47. The lowest BCUT2D eigenvalue weighted by Gasteiger charge is -2.04. The van der Waals surface area contributed by atoms with Crippen LogP contribution in [0.25, 0.3) is 33.5 Å². The molecule has 0 spiro atoms. The van der Waals surface area contributed by atoms with Gasteiger partial charge in [0.05, 0.1) is 6.20 Å². The number of aryl methyl sites for hydroxylation is 1. The number of rotatable bonds is 2. The van der Waals surface area contributed by atoms with Crippen LogP contribution in [0.1, 0.15) is 0 Å². The Morgan fingerprint density at radius 2 is 1.96 bits per heavy atom. The largest absolute Gasteiger partial charge is 0.346 e. The van der Waals surface area contributed by atoms with Crippen LogP contribution in [0.2, 0.25) is 0 Å².